The Kier molecular flexibility index (Phi) is 8.76. The topological polar surface area (TPSA) is 54.9 Å². The van der Waals surface area contributed by atoms with Gasteiger partial charge in [-0.2, -0.15) is 0 Å². The smallest absolute Gasteiger partial charge is 0.191 e. The van der Waals surface area contributed by atoms with Crippen molar-refractivity contribution in [3.05, 3.63) is 65.0 Å². The third kappa shape index (κ3) is 6.13. The Morgan fingerprint density at radius 1 is 1.22 bits per heavy atom. The molecular weight excluding hydrogens is 520 g/mol. The van der Waals surface area contributed by atoms with Gasteiger partial charge in [-0.25, -0.2) is 4.39 Å². The minimum Gasteiger partial charge on any atom is -0.493 e. The van der Waals surface area contributed by atoms with Gasteiger partial charge in [0.05, 0.1) is 13.2 Å². The molecule has 0 radical (unpaired) electrons. The molecule has 5 nitrogen and oxygen atoms in total. The molecule has 2 aromatic carbocycles. The monoisotopic (exact) mass is 553 g/mol. The highest BCUT2D eigenvalue weighted by molar-refractivity contribution is 14.0. The molecule has 4 rings (SSSR count). The first-order valence-electron chi connectivity index (χ1n) is 11.1. The molecule has 2 aliphatic rings. The van der Waals surface area contributed by atoms with E-state index in [0.29, 0.717) is 31.6 Å². The fraction of sp³-hybridized carbons (Fsp3) is 0.480. The highest BCUT2D eigenvalue weighted by Crippen LogP contribution is 2.48. The van der Waals surface area contributed by atoms with Gasteiger partial charge in [-0.3, -0.25) is 4.99 Å². The number of halogens is 2. The summed E-state index contributed by atoms with van der Waals surface area (Å²) < 4.78 is 25.9. The van der Waals surface area contributed by atoms with E-state index in [1.54, 1.807) is 19.2 Å². The Morgan fingerprint density at radius 3 is 2.72 bits per heavy atom. The zero-order valence-corrected chi connectivity index (χ0v) is 21.2. The molecule has 7 heteroatoms. The summed E-state index contributed by atoms with van der Waals surface area (Å²) in [7, 11) is 1.75. The molecular formula is C25H33FIN3O2. The van der Waals surface area contributed by atoms with Crippen molar-refractivity contribution in [3.63, 3.8) is 0 Å². The summed E-state index contributed by atoms with van der Waals surface area (Å²) in [5.74, 6) is 1.95. The van der Waals surface area contributed by atoms with Crippen molar-refractivity contribution in [2.45, 2.75) is 38.1 Å². The second-order valence-corrected chi connectivity index (χ2v) is 8.69. The van der Waals surface area contributed by atoms with Crippen molar-refractivity contribution in [1.29, 1.82) is 0 Å². The van der Waals surface area contributed by atoms with Crippen LogP contribution in [-0.4, -0.2) is 39.4 Å². The molecule has 1 aliphatic carbocycles. The summed E-state index contributed by atoms with van der Waals surface area (Å²) in [6.07, 6.45) is 3.03. The van der Waals surface area contributed by atoms with Crippen LogP contribution in [0.5, 0.6) is 5.75 Å². The lowest BCUT2D eigenvalue weighted by Crippen LogP contribution is -2.41. The first-order valence-corrected chi connectivity index (χ1v) is 11.1. The first-order chi connectivity index (χ1) is 15.1. The van der Waals surface area contributed by atoms with Gasteiger partial charge in [0.1, 0.15) is 11.6 Å². The molecule has 2 N–H and O–H groups in total. The number of benzene rings is 2. The molecule has 1 heterocycles. The fourth-order valence-corrected chi connectivity index (χ4v) is 4.10. The van der Waals surface area contributed by atoms with Crippen molar-refractivity contribution < 1.29 is 13.9 Å². The number of guanidine groups is 1. The third-order valence-corrected chi connectivity index (χ3v) is 6.28. The molecule has 1 atom stereocenters. The van der Waals surface area contributed by atoms with Crippen LogP contribution in [0.3, 0.4) is 0 Å². The van der Waals surface area contributed by atoms with Crippen LogP contribution in [0.1, 0.15) is 36.0 Å². The Labute approximate surface area is 207 Å². The second-order valence-electron chi connectivity index (χ2n) is 8.69. The molecule has 1 saturated carbocycles. The molecule has 174 valence electrons. The normalized spacial score (nSPS) is 19.2. The SMILES string of the molecule is CN=C(NCc1ccc(C)cc1OCC1CCOC1)NCC1(c2ccccc2F)CC1.I. The number of hydrogen-bond donors (Lipinski definition) is 2. The summed E-state index contributed by atoms with van der Waals surface area (Å²) in [5, 5.41) is 6.77. The molecule has 32 heavy (non-hydrogen) atoms. The summed E-state index contributed by atoms with van der Waals surface area (Å²) in [4.78, 5) is 4.35. The number of ether oxygens (including phenoxy) is 2. The van der Waals surface area contributed by atoms with Crippen molar-refractivity contribution in [3.8, 4) is 5.75 Å². The van der Waals surface area contributed by atoms with E-state index in [2.05, 4.69) is 40.7 Å². The average Bonchev–Trinajstić information content (AvgIpc) is 3.37. The largest absolute Gasteiger partial charge is 0.493 e. The predicted molar refractivity (Wildman–Crippen MR) is 137 cm³/mol. The molecule has 0 aromatic heterocycles. The minimum absolute atomic E-state index is 0. The predicted octanol–water partition coefficient (Wildman–Crippen LogP) is 4.56. The quantitative estimate of drug-likeness (QED) is 0.286. The molecule has 0 spiro atoms. The number of hydrogen-bond acceptors (Lipinski definition) is 3. The molecule has 0 amide bonds. The number of rotatable bonds is 8. The van der Waals surface area contributed by atoms with Gasteiger partial charge in [0.25, 0.3) is 0 Å². The molecule has 2 aromatic rings. The van der Waals surface area contributed by atoms with Gasteiger partial charge in [-0.1, -0.05) is 30.3 Å². The molecule has 1 saturated heterocycles. The average molecular weight is 553 g/mol. The Morgan fingerprint density at radius 2 is 2.03 bits per heavy atom. The lowest BCUT2D eigenvalue weighted by molar-refractivity contribution is 0.166. The Bertz CT molecular complexity index is 927. The minimum atomic E-state index is -0.134. The van der Waals surface area contributed by atoms with E-state index in [0.717, 1.165) is 49.4 Å². The van der Waals surface area contributed by atoms with Gasteiger partial charge in [0, 0.05) is 43.6 Å². The van der Waals surface area contributed by atoms with Crippen LogP contribution in [0, 0.1) is 18.7 Å². The van der Waals surface area contributed by atoms with Crippen LogP contribution in [0.15, 0.2) is 47.5 Å². The van der Waals surface area contributed by atoms with E-state index in [-0.39, 0.29) is 35.2 Å². The van der Waals surface area contributed by atoms with Crippen LogP contribution < -0.4 is 15.4 Å². The van der Waals surface area contributed by atoms with E-state index in [4.69, 9.17) is 9.47 Å². The summed E-state index contributed by atoms with van der Waals surface area (Å²) in [6.45, 7) is 5.61. The Balaban J connectivity index is 0.00000289. The van der Waals surface area contributed by atoms with Crippen molar-refractivity contribution in [2.75, 3.05) is 33.4 Å². The third-order valence-electron chi connectivity index (χ3n) is 6.28. The highest BCUT2D eigenvalue weighted by atomic mass is 127. The van der Waals surface area contributed by atoms with Crippen molar-refractivity contribution in [2.24, 2.45) is 10.9 Å². The standard InChI is InChI=1S/C25H32FN3O2.HI/c1-18-7-8-20(23(13-18)31-16-19-9-12-30-15-19)14-28-24(27-2)29-17-25(10-11-25)21-5-3-4-6-22(21)26;/h3-8,13,19H,9-12,14-17H2,1-2H3,(H2,27,28,29);1H. The van der Waals surface area contributed by atoms with Gasteiger partial charge < -0.3 is 20.1 Å². The first kappa shape index (κ1) is 24.8. The summed E-state index contributed by atoms with van der Waals surface area (Å²) in [6, 6.07) is 13.4. The van der Waals surface area contributed by atoms with E-state index in [1.807, 2.05) is 12.1 Å². The van der Waals surface area contributed by atoms with Gasteiger partial charge in [0.15, 0.2) is 5.96 Å². The van der Waals surface area contributed by atoms with E-state index in [1.165, 1.54) is 5.56 Å². The maximum absolute atomic E-state index is 14.3. The molecule has 1 unspecified atom stereocenters. The van der Waals surface area contributed by atoms with Crippen molar-refractivity contribution >= 4 is 29.9 Å². The van der Waals surface area contributed by atoms with Crippen LogP contribution in [0.4, 0.5) is 4.39 Å². The van der Waals surface area contributed by atoms with Crippen LogP contribution in [0.2, 0.25) is 0 Å². The second kappa shape index (κ2) is 11.3. The summed E-state index contributed by atoms with van der Waals surface area (Å²) >= 11 is 0. The zero-order chi connectivity index (χ0) is 21.7. The number of nitrogens with one attached hydrogen (secondary N) is 2. The van der Waals surface area contributed by atoms with E-state index in [9.17, 15) is 4.39 Å². The molecule has 2 fully saturated rings. The maximum Gasteiger partial charge on any atom is 0.191 e. The van der Waals surface area contributed by atoms with Crippen LogP contribution in [0.25, 0.3) is 0 Å². The highest BCUT2D eigenvalue weighted by Gasteiger charge is 2.45. The van der Waals surface area contributed by atoms with Gasteiger partial charge in [0.2, 0.25) is 0 Å². The maximum atomic E-state index is 14.3. The number of aryl methyl sites for hydroxylation is 1. The molecule has 1 aliphatic heterocycles. The van der Waals surface area contributed by atoms with Crippen molar-refractivity contribution in [1.82, 2.24) is 10.6 Å². The zero-order valence-electron chi connectivity index (χ0n) is 18.8. The lowest BCUT2D eigenvalue weighted by atomic mass is 9.95. The number of aliphatic imine (C=N–C) groups is 1. The number of nitrogens with zero attached hydrogens (tertiary/aromatic N) is 1. The van der Waals surface area contributed by atoms with Crippen LogP contribution in [-0.2, 0) is 16.7 Å². The van der Waals surface area contributed by atoms with Crippen LogP contribution >= 0.6 is 24.0 Å². The Hall–Kier alpha value is -1.87. The summed E-state index contributed by atoms with van der Waals surface area (Å²) in [5.41, 5.74) is 2.92. The molecule has 0 bridgehead atoms. The van der Waals surface area contributed by atoms with Gasteiger partial charge >= 0.3 is 0 Å². The van der Waals surface area contributed by atoms with Gasteiger partial charge in [-0.05, 0) is 49.4 Å². The van der Waals surface area contributed by atoms with E-state index < -0.39 is 0 Å². The lowest BCUT2D eigenvalue weighted by Gasteiger charge is -2.20. The van der Waals surface area contributed by atoms with E-state index >= 15 is 0 Å². The van der Waals surface area contributed by atoms with Gasteiger partial charge in [-0.15, -0.1) is 24.0 Å². The fourth-order valence-electron chi connectivity index (χ4n) is 4.10.